The second-order valence-electron chi connectivity index (χ2n) is 6.17. The maximum Gasteiger partial charge on any atom is 0.242 e. The van der Waals surface area contributed by atoms with Gasteiger partial charge in [0.2, 0.25) is 8.32 Å². The molecule has 5 heteroatoms. The van der Waals surface area contributed by atoms with Crippen molar-refractivity contribution in [3.8, 4) is 5.75 Å². The van der Waals surface area contributed by atoms with E-state index in [1.54, 1.807) is 6.33 Å². The Morgan fingerprint density at radius 3 is 2.62 bits per heavy atom. The minimum atomic E-state index is -1.63. The van der Waals surface area contributed by atoms with Crippen LogP contribution < -0.4 is 4.43 Å². The molecule has 0 aliphatic carbocycles. The van der Waals surface area contributed by atoms with Gasteiger partial charge < -0.3 is 8.99 Å². The summed E-state index contributed by atoms with van der Waals surface area (Å²) >= 11 is 0. The van der Waals surface area contributed by atoms with E-state index in [4.69, 9.17) is 4.43 Å². The van der Waals surface area contributed by atoms with Crippen molar-refractivity contribution in [2.24, 2.45) is 12.0 Å². The highest BCUT2D eigenvalue weighted by Crippen LogP contribution is 2.29. The minimum absolute atomic E-state index is 0.0413. The molecule has 2 rings (SSSR count). The number of benzene rings is 1. The third kappa shape index (κ3) is 4.56. The second-order valence-corrected chi connectivity index (χ2v) is 10.6. The maximum absolute atomic E-state index is 6.16. The Bertz CT molecular complexity index is 628. The van der Waals surface area contributed by atoms with Crippen molar-refractivity contribution in [2.75, 3.05) is 0 Å². The van der Waals surface area contributed by atoms with Gasteiger partial charge in [-0.3, -0.25) is 4.99 Å². The molecule has 0 bridgehead atoms. The number of aromatic nitrogens is 2. The molecule has 1 aromatic carbocycles. The Balaban J connectivity index is 2.19. The zero-order valence-corrected chi connectivity index (χ0v) is 14.4. The van der Waals surface area contributed by atoms with Gasteiger partial charge in [-0.15, -0.1) is 0 Å². The number of hydrogen-bond acceptors (Lipinski definition) is 3. The Kier molecular flexibility index (Phi) is 4.62. The maximum atomic E-state index is 6.16. The molecule has 1 aromatic heterocycles. The van der Waals surface area contributed by atoms with Gasteiger partial charge in [0.25, 0.3) is 0 Å². The third-order valence-corrected chi connectivity index (χ3v) is 3.77. The van der Waals surface area contributed by atoms with Crippen LogP contribution in [0.25, 0.3) is 0 Å². The van der Waals surface area contributed by atoms with Crippen molar-refractivity contribution in [3.05, 3.63) is 48.0 Å². The predicted molar refractivity (Wildman–Crippen MR) is 89.6 cm³/mol. The number of aliphatic imine (C=N–C) groups is 1. The fraction of sp³-hybridized carbons (Fsp3) is 0.375. The quantitative estimate of drug-likeness (QED) is 0.622. The van der Waals surface area contributed by atoms with Crippen molar-refractivity contribution in [3.63, 3.8) is 0 Å². The van der Waals surface area contributed by atoms with E-state index < -0.39 is 8.32 Å². The van der Waals surface area contributed by atoms with Gasteiger partial charge in [0.15, 0.2) is 0 Å². The fourth-order valence-corrected chi connectivity index (χ4v) is 2.86. The molecular weight excluding hydrogens is 278 g/mol. The molecule has 2 aromatic rings. The van der Waals surface area contributed by atoms with Gasteiger partial charge in [-0.05, 0) is 32.6 Å². The average molecular weight is 301 g/mol. The summed E-state index contributed by atoms with van der Waals surface area (Å²) in [7, 11) is 0.323. The Morgan fingerprint density at radius 2 is 2.00 bits per heavy atom. The Labute approximate surface area is 127 Å². The van der Waals surface area contributed by atoms with E-state index in [0.29, 0.717) is 0 Å². The molecule has 0 spiro atoms. The SMILES string of the molecule is CC(/N=C/c1cn(C)cn1)c1ccccc1O[Si](C)(C)C. The normalized spacial score (nSPS) is 13.6. The lowest BCUT2D eigenvalue weighted by Crippen LogP contribution is -2.29. The topological polar surface area (TPSA) is 39.4 Å². The molecule has 1 atom stereocenters. The van der Waals surface area contributed by atoms with Crippen LogP contribution in [-0.2, 0) is 7.05 Å². The van der Waals surface area contributed by atoms with E-state index in [0.717, 1.165) is 17.0 Å². The number of para-hydroxylation sites is 1. The highest BCUT2D eigenvalue weighted by Gasteiger charge is 2.19. The Hall–Kier alpha value is -1.88. The van der Waals surface area contributed by atoms with Crippen molar-refractivity contribution >= 4 is 14.5 Å². The lowest BCUT2D eigenvalue weighted by Gasteiger charge is -2.22. The van der Waals surface area contributed by atoms with Crippen LogP contribution in [0.5, 0.6) is 5.75 Å². The molecular formula is C16H23N3OSi. The van der Waals surface area contributed by atoms with E-state index in [9.17, 15) is 0 Å². The molecule has 112 valence electrons. The van der Waals surface area contributed by atoms with Crippen LogP contribution in [0, 0.1) is 0 Å². The highest BCUT2D eigenvalue weighted by atomic mass is 28.4. The summed E-state index contributed by atoms with van der Waals surface area (Å²) in [6, 6.07) is 8.18. The lowest BCUT2D eigenvalue weighted by molar-refractivity contribution is 0.543. The fourth-order valence-electron chi connectivity index (χ4n) is 2.02. The standard InChI is InChI=1S/C16H23N3OSi/c1-13(17-10-14-11-19(2)12-18-14)15-8-6-7-9-16(15)20-21(3,4)5/h6-13H,1-5H3/b17-10+. The third-order valence-electron chi connectivity index (χ3n) is 2.94. The molecule has 0 aliphatic heterocycles. The first-order valence-corrected chi connectivity index (χ1v) is 10.5. The number of imidazole rings is 1. The molecule has 0 saturated carbocycles. The average Bonchev–Trinajstić information content (AvgIpc) is 2.80. The molecule has 0 fully saturated rings. The smallest absolute Gasteiger partial charge is 0.242 e. The van der Waals surface area contributed by atoms with Crippen LogP contribution in [0.3, 0.4) is 0 Å². The first-order chi connectivity index (χ1) is 9.85. The zero-order chi connectivity index (χ0) is 15.5. The number of nitrogens with zero attached hydrogens (tertiary/aromatic N) is 3. The summed E-state index contributed by atoms with van der Waals surface area (Å²) in [4.78, 5) is 8.86. The Morgan fingerprint density at radius 1 is 1.29 bits per heavy atom. The van der Waals surface area contributed by atoms with Crippen molar-refractivity contribution in [1.82, 2.24) is 9.55 Å². The van der Waals surface area contributed by atoms with Gasteiger partial charge in [0, 0.05) is 25.0 Å². The second kappa shape index (κ2) is 6.26. The number of hydrogen-bond donors (Lipinski definition) is 0. The summed E-state index contributed by atoms with van der Waals surface area (Å²) in [5.41, 5.74) is 1.99. The van der Waals surface area contributed by atoms with Gasteiger partial charge in [-0.2, -0.15) is 0 Å². The van der Waals surface area contributed by atoms with E-state index >= 15 is 0 Å². The molecule has 0 N–H and O–H groups in total. The zero-order valence-electron chi connectivity index (χ0n) is 13.4. The van der Waals surface area contributed by atoms with Crippen molar-refractivity contribution in [2.45, 2.75) is 32.6 Å². The molecule has 0 radical (unpaired) electrons. The van der Waals surface area contributed by atoms with E-state index in [2.05, 4.69) is 42.6 Å². The molecule has 0 saturated heterocycles. The molecule has 4 nitrogen and oxygen atoms in total. The predicted octanol–water partition coefficient (Wildman–Crippen LogP) is 3.81. The van der Waals surface area contributed by atoms with Crippen molar-refractivity contribution in [1.29, 1.82) is 0 Å². The summed E-state index contributed by atoms with van der Waals surface area (Å²) in [5.74, 6) is 0.947. The van der Waals surface area contributed by atoms with E-state index in [1.165, 1.54) is 0 Å². The summed E-state index contributed by atoms with van der Waals surface area (Å²) < 4.78 is 8.07. The van der Waals surface area contributed by atoms with Crippen LogP contribution in [0.4, 0.5) is 0 Å². The van der Waals surface area contributed by atoms with Gasteiger partial charge >= 0.3 is 0 Å². The first kappa shape index (κ1) is 15.5. The van der Waals surface area contributed by atoms with Crippen LogP contribution in [0.1, 0.15) is 24.2 Å². The molecule has 1 heterocycles. The van der Waals surface area contributed by atoms with E-state index in [1.807, 2.05) is 42.2 Å². The van der Waals surface area contributed by atoms with Crippen molar-refractivity contribution < 1.29 is 4.43 Å². The number of rotatable bonds is 5. The number of aryl methyl sites for hydroxylation is 1. The van der Waals surface area contributed by atoms with Crippen LogP contribution in [0.2, 0.25) is 19.6 Å². The molecule has 0 amide bonds. The van der Waals surface area contributed by atoms with Crippen LogP contribution in [0.15, 0.2) is 41.8 Å². The van der Waals surface area contributed by atoms with Crippen LogP contribution in [-0.4, -0.2) is 24.1 Å². The van der Waals surface area contributed by atoms with Gasteiger partial charge in [0.05, 0.1) is 18.1 Å². The molecule has 0 aliphatic rings. The van der Waals surface area contributed by atoms with Crippen LogP contribution >= 0.6 is 0 Å². The van der Waals surface area contributed by atoms with Gasteiger partial charge in [-0.1, -0.05) is 18.2 Å². The summed E-state index contributed by atoms with van der Waals surface area (Å²) in [6.07, 6.45) is 5.53. The monoisotopic (exact) mass is 301 g/mol. The summed E-state index contributed by atoms with van der Waals surface area (Å²) in [6.45, 7) is 8.63. The van der Waals surface area contributed by atoms with Gasteiger partial charge in [0.1, 0.15) is 5.75 Å². The highest BCUT2D eigenvalue weighted by molar-refractivity contribution is 6.70. The molecule has 1 unspecified atom stereocenters. The molecule has 21 heavy (non-hydrogen) atoms. The minimum Gasteiger partial charge on any atom is -0.544 e. The first-order valence-electron chi connectivity index (χ1n) is 7.14. The van der Waals surface area contributed by atoms with E-state index in [-0.39, 0.29) is 6.04 Å². The largest absolute Gasteiger partial charge is 0.544 e. The van der Waals surface area contributed by atoms with Gasteiger partial charge in [-0.25, -0.2) is 4.98 Å². The lowest BCUT2D eigenvalue weighted by atomic mass is 10.1. The summed E-state index contributed by atoms with van der Waals surface area (Å²) in [5, 5.41) is 0.